The number of nitrogens with one attached hydrogen (secondary N) is 4. The van der Waals surface area contributed by atoms with Crippen molar-refractivity contribution in [3.63, 3.8) is 0 Å². The van der Waals surface area contributed by atoms with Gasteiger partial charge >= 0.3 is 0 Å². The Morgan fingerprint density at radius 2 is 1.87 bits per heavy atom. The second-order valence-electron chi connectivity index (χ2n) is 9.35. The van der Waals surface area contributed by atoms with Crippen LogP contribution in [0.3, 0.4) is 0 Å². The van der Waals surface area contributed by atoms with Crippen LogP contribution in [0.2, 0.25) is 0 Å². The molecule has 208 valence electrons. The summed E-state index contributed by atoms with van der Waals surface area (Å²) in [7, 11) is -3.52. The fraction of sp³-hybridized carbons (Fsp3) is 0.357. The van der Waals surface area contributed by atoms with Crippen LogP contribution in [0.15, 0.2) is 70.0 Å². The highest BCUT2D eigenvalue weighted by atomic mass is 32.2. The summed E-state index contributed by atoms with van der Waals surface area (Å²) in [4.78, 5) is 31.2. The Bertz CT molecular complexity index is 1370. The van der Waals surface area contributed by atoms with Crippen molar-refractivity contribution in [2.45, 2.75) is 50.7 Å². The first-order chi connectivity index (χ1) is 18.9. The topological polar surface area (TPSA) is 139 Å². The normalized spacial score (nSPS) is 14.5. The summed E-state index contributed by atoms with van der Waals surface area (Å²) >= 11 is 0. The van der Waals surface area contributed by atoms with Gasteiger partial charge in [0.15, 0.2) is 5.76 Å². The lowest BCUT2D eigenvalue weighted by atomic mass is 10.0. The maximum Gasteiger partial charge on any atom is 0.288 e. The van der Waals surface area contributed by atoms with Gasteiger partial charge in [-0.15, -0.1) is 0 Å². The molecule has 1 aromatic heterocycles. The number of carbonyl (C=O) groups excluding carboxylic acids is 2. The maximum absolute atomic E-state index is 12.8. The number of rotatable bonds is 14. The van der Waals surface area contributed by atoms with E-state index in [0.717, 1.165) is 24.8 Å². The molecule has 0 spiro atoms. The van der Waals surface area contributed by atoms with E-state index in [0.29, 0.717) is 36.5 Å². The fourth-order valence-electron chi connectivity index (χ4n) is 4.25. The molecule has 0 saturated carbocycles. The molecule has 39 heavy (non-hydrogen) atoms. The van der Waals surface area contributed by atoms with Gasteiger partial charge in [0.1, 0.15) is 5.76 Å². The lowest BCUT2D eigenvalue weighted by Crippen LogP contribution is -2.42. The van der Waals surface area contributed by atoms with Crippen molar-refractivity contribution < 1.29 is 27.3 Å². The molecule has 2 aromatic carbocycles. The zero-order valence-electron chi connectivity index (χ0n) is 21.9. The number of fused-ring (bicyclic) bond motifs is 1. The van der Waals surface area contributed by atoms with E-state index in [1.165, 1.54) is 12.1 Å². The Hall–Kier alpha value is -3.51. The molecule has 0 fully saturated rings. The summed E-state index contributed by atoms with van der Waals surface area (Å²) in [5, 5.41) is 5.40. The first-order valence-electron chi connectivity index (χ1n) is 13.0. The van der Waals surface area contributed by atoms with E-state index in [1.807, 2.05) is 30.3 Å². The lowest BCUT2D eigenvalue weighted by molar-refractivity contribution is -0.126. The van der Waals surface area contributed by atoms with Crippen molar-refractivity contribution in [1.82, 2.24) is 20.8 Å². The Kier molecular flexibility index (Phi) is 9.88. The summed E-state index contributed by atoms with van der Waals surface area (Å²) in [6, 6.07) is 17.9. The van der Waals surface area contributed by atoms with E-state index in [1.54, 1.807) is 18.2 Å². The van der Waals surface area contributed by atoms with E-state index in [2.05, 4.69) is 27.8 Å². The van der Waals surface area contributed by atoms with E-state index in [4.69, 9.17) is 9.25 Å². The van der Waals surface area contributed by atoms with Gasteiger partial charge in [-0.2, -0.15) is 0 Å². The third-order valence-corrected chi connectivity index (χ3v) is 7.96. The zero-order valence-corrected chi connectivity index (χ0v) is 22.7. The van der Waals surface area contributed by atoms with Crippen LogP contribution in [-0.4, -0.2) is 33.4 Å². The number of unbranched alkanes of at least 4 members (excludes halogenated alkanes) is 2. The Morgan fingerprint density at radius 3 is 2.67 bits per heavy atom. The van der Waals surface area contributed by atoms with E-state index in [9.17, 15) is 18.0 Å². The van der Waals surface area contributed by atoms with Crippen molar-refractivity contribution in [3.05, 3.63) is 77.6 Å². The average molecular weight is 555 g/mol. The highest BCUT2D eigenvalue weighted by Gasteiger charge is 2.26. The zero-order chi connectivity index (χ0) is 27.7. The van der Waals surface area contributed by atoms with Crippen LogP contribution in [0.5, 0.6) is 0 Å². The molecule has 1 aliphatic heterocycles. The molecule has 1 atom stereocenters. The fourth-order valence-corrected chi connectivity index (χ4v) is 5.52. The first-order valence-corrected chi connectivity index (χ1v) is 14.5. The number of benzene rings is 2. The highest BCUT2D eigenvalue weighted by Crippen LogP contribution is 2.29. The molecule has 1 aliphatic rings. The Labute approximate surface area is 228 Å². The molecule has 4 N–H and O–H groups in total. The summed E-state index contributed by atoms with van der Waals surface area (Å²) in [5.74, 6) is -0.577. The minimum atomic E-state index is -3.52. The number of hydroxylamine groups is 1. The monoisotopic (exact) mass is 554 g/mol. The van der Waals surface area contributed by atoms with Crippen LogP contribution >= 0.6 is 0 Å². The molecule has 0 aliphatic carbocycles. The molecule has 0 radical (unpaired) electrons. The summed E-state index contributed by atoms with van der Waals surface area (Å²) in [6.45, 7) is 3.04. The first kappa shape index (κ1) is 28.5. The maximum atomic E-state index is 12.8. The summed E-state index contributed by atoms with van der Waals surface area (Å²) in [5.41, 5.74) is 5.16. The lowest BCUT2D eigenvalue weighted by Gasteiger charge is -2.17. The molecule has 10 nitrogen and oxygen atoms in total. The van der Waals surface area contributed by atoms with Gasteiger partial charge in [0, 0.05) is 18.7 Å². The SMILES string of the molecule is CCCCC[C@H](CNOCc1ccccc1)C(=O)NCNC(=O)c1ccc(-c2ccc3c(c2)S(=O)(=O)NC3)o1. The number of sulfonamides is 1. The molecule has 0 bridgehead atoms. The van der Waals surface area contributed by atoms with Gasteiger partial charge in [0.05, 0.1) is 24.1 Å². The van der Waals surface area contributed by atoms with Crippen LogP contribution in [0.1, 0.15) is 54.3 Å². The number of furan rings is 1. The third-order valence-electron chi connectivity index (χ3n) is 6.48. The van der Waals surface area contributed by atoms with Gasteiger partial charge in [0.2, 0.25) is 15.9 Å². The predicted octanol–water partition coefficient (Wildman–Crippen LogP) is 3.46. The molecule has 2 amide bonds. The van der Waals surface area contributed by atoms with E-state index >= 15 is 0 Å². The smallest absolute Gasteiger partial charge is 0.288 e. The van der Waals surface area contributed by atoms with Gasteiger partial charge in [-0.05, 0) is 35.7 Å². The average Bonchev–Trinajstić information content (AvgIpc) is 3.55. The van der Waals surface area contributed by atoms with Crippen LogP contribution in [0, 0.1) is 5.92 Å². The minimum absolute atomic E-state index is 0.0520. The Morgan fingerprint density at radius 1 is 1.05 bits per heavy atom. The quantitative estimate of drug-likeness (QED) is 0.136. The van der Waals surface area contributed by atoms with E-state index < -0.39 is 15.9 Å². The van der Waals surface area contributed by atoms with Crippen molar-refractivity contribution in [3.8, 4) is 11.3 Å². The summed E-state index contributed by atoms with van der Waals surface area (Å²) in [6.07, 6.45) is 3.68. The van der Waals surface area contributed by atoms with Gasteiger partial charge in [0.25, 0.3) is 5.91 Å². The van der Waals surface area contributed by atoms with Crippen molar-refractivity contribution >= 4 is 21.8 Å². The Balaban J connectivity index is 1.26. The molecular weight excluding hydrogens is 520 g/mol. The molecule has 3 aromatic rings. The number of amides is 2. The molecule has 0 saturated heterocycles. The summed E-state index contributed by atoms with van der Waals surface area (Å²) < 4.78 is 32.4. The van der Waals surface area contributed by atoms with Gasteiger partial charge < -0.3 is 15.1 Å². The number of hydrogen-bond donors (Lipinski definition) is 4. The van der Waals surface area contributed by atoms with E-state index in [-0.39, 0.29) is 35.7 Å². The van der Waals surface area contributed by atoms with Crippen molar-refractivity contribution in [2.75, 3.05) is 13.2 Å². The number of carbonyl (C=O) groups is 2. The standard InChI is InChI=1S/C28H34N4O6S/c1-2-3-5-10-23(16-31-37-18-20-8-6-4-7-9-20)27(33)29-19-30-28(34)25-14-13-24(38-25)21-11-12-22-17-32-39(35,36)26(22)15-21/h4,6-9,11-15,23,31-32H,2-3,5,10,16-19H2,1H3,(H,29,33)(H,30,34)/t23-/m1/s1. The van der Waals surface area contributed by atoms with Gasteiger partial charge in [-0.3, -0.25) is 14.4 Å². The molecule has 2 heterocycles. The number of hydrogen-bond acceptors (Lipinski definition) is 7. The minimum Gasteiger partial charge on any atom is -0.451 e. The molecular formula is C28H34N4O6S. The van der Waals surface area contributed by atoms with Crippen LogP contribution in [0.4, 0.5) is 0 Å². The molecule has 11 heteroatoms. The van der Waals surface area contributed by atoms with Crippen molar-refractivity contribution in [1.29, 1.82) is 0 Å². The highest BCUT2D eigenvalue weighted by molar-refractivity contribution is 7.89. The van der Waals surface area contributed by atoms with Crippen LogP contribution < -0.4 is 20.8 Å². The second kappa shape index (κ2) is 13.5. The molecule has 0 unspecified atom stereocenters. The molecule has 4 rings (SSSR count). The van der Waals surface area contributed by atoms with Crippen LogP contribution in [-0.2, 0) is 32.8 Å². The van der Waals surface area contributed by atoms with Crippen molar-refractivity contribution in [2.24, 2.45) is 5.92 Å². The second-order valence-corrected chi connectivity index (χ2v) is 11.1. The predicted molar refractivity (Wildman–Crippen MR) is 146 cm³/mol. The van der Waals surface area contributed by atoms with Gasteiger partial charge in [-0.1, -0.05) is 68.7 Å². The third kappa shape index (κ3) is 7.76. The van der Waals surface area contributed by atoms with Crippen LogP contribution in [0.25, 0.3) is 11.3 Å². The largest absolute Gasteiger partial charge is 0.451 e. The van der Waals surface area contributed by atoms with Gasteiger partial charge in [-0.25, -0.2) is 18.6 Å².